The number of carbonyl (C=O) groups excluding carboxylic acids is 1. The van der Waals surface area contributed by atoms with Crippen molar-refractivity contribution in [1.82, 2.24) is 5.32 Å². The fourth-order valence-electron chi connectivity index (χ4n) is 3.33. The van der Waals surface area contributed by atoms with E-state index in [2.05, 4.69) is 12.2 Å². The van der Waals surface area contributed by atoms with Gasteiger partial charge in [0.2, 0.25) is 5.91 Å². The van der Waals surface area contributed by atoms with Gasteiger partial charge in [0.15, 0.2) is 0 Å². The molecule has 1 amide bonds. The van der Waals surface area contributed by atoms with E-state index in [0.29, 0.717) is 5.41 Å². The highest BCUT2D eigenvalue weighted by atomic mass is 16.1. The van der Waals surface area contributed by atoms with Crippen LogP contribution in [0, 0.1) is 11.3 Å². The van der Waals surface area contributed by atoms with Crippen molar-refractivity contribution in [3.63, 3.8) is 0 Å². The summed E-state index contributed by atoms with van der Waals surface area (Å²) in [4.78, 5) is 12.0. The molecule has 2 aliphatic carbocycles. The molecule has 0 aromatic rings. The molecule has 2 aliphatic rings. The van der Waals surface area contributed by atoms with Crippen LogP contribution in [-0.2, 0) is 4.79 Å². The van der Waals surface area contributed by atoms with Crippen LogP contribution in [-0.4, -0.2) is 18.5 Å². The van der Waals surface area contributed by atoms with Crippen LogP contribution in [0.2, 0.25) is 0 Å². The zero-order chi connectivity index (χ0) is 12.3. The fraction of sp³-hybridized carbons (Fsp3) is 0.929. The first-order valence-electron chi connectivity index (χ1n) is 7.14. The molecule has 0 spiro atoms. The van der Waals surface area contributed by atoms with Gasteiger partial charge in [-0.2, -0.15) is 0 Å². The van der Waals surface area contributed by atoms with Gasteiger partial charge in [-0.1, -0.05) is 32.6 Å². The van der Waals surface area contributed by atoms with E-state index in [1.165, 1.54) is 32.1 Å². The first-order valence-corrected chi connectivity index (χ1v) is 7.14. The number of nitrogens with one attached hydrogen (secondary N) is 1. The Kier molecular flexibility index (Phi) is 4.08. The lowest BCUT2D eigenvalue weighted by molar-refractivity contribution is -0.125. The number of nitrogens with two attached hydrogens (primary N) is 1. The summed E-state index contributed by atoms with van der Waals surface area (Å²) in [6.07, 6.45) is 9.59. The molecule has 0 aromatic heterocycles. The van der Waals surface area contributed by atoms with Crippen LogP contribution < -0.4 is 11.1 Å². The molecular weight excluding hydrogens is 212 g/mol. The van der Waals surface area contributed by atoms with Crippen molar-refractivity contribution in [2.45, 2.75) is 64.3 Å². The first-order chi connectivity index (χ1) is 8.11. The second-order valence-electron chi connectivity index (χ2n) is 6.29. The van der Waals surface area contributed by atoms with Gasteiger partial charge in [0.05, 0.1) is 5.92 Å². The maximum atomic E-state index is 12.0. The SMILES string of the molecule is CC1(CNC(=O)C2CCCC2N)CCCCC1. The number of hydrogen-bond donors (Lipinski definition) is 2. The summed E-state index contributed by atoms with van der Waals surface area (Å²) in [5, 5.41) is 3.15. The average Bonchev–Trinajstić information content (AvgIpc) is 2.74. The minimum Gasteiger partial charge on any atom is -0.355 e. The Morgan fingerprint density at radius 2 is 1.94 bits per heavy atom. The maximum Gasteiger partial charge on any atom is 0.224 e. The molecule has 2 saturated carbocycles. The topological polar surface area (TPSA) is 55.1 Å². The van der Waals surface area contributed by atoms with Gasteiger partial charge in [0.1, 0.15) is 0 Å². The Morgan fingerprint density at radius 3 is 2.53 bits per heavy atom. The van der Waals surface area contributed by atoms with E-state index >= 15 is 0 Å². The Balaban J connectivity index is 1.79. The van der Waals surface area contributed by atoms with Gasteiger partial charge in [-0.3, -0.25) is 4.79 Å². The van der Waals surface area contributed by atoms with Crippen LogP contribution in [0.25, 0.3) is 0 Å². The molecule has 0 heterocycles. The number of hydrogen-bond acceptors (Lipinski definition) is 2. The third kappa shape index (κ3) is 3.21. The van der Waals surface area contributed by atoms with Crippen LogP contribution in [0.15, 0.2) is 0 Å². The fourth-order valence-corrected chi connectivity index (χ4v) is 3.33. The molecule has 2 rings (SSSR count). The zero-order valence-electron chi connectivity index (χ0n) is 11.0. The van der Waals surface area contributed by atoms with E-state index in [0.717, 1.165) is 25.8 Å². The van der Waals surface area contributed by atoms with Gasteiger partial charge in [0.25, 0.3) is 0 Å². The van der Waals surface area contributed by atoms with Crippen LogP contribution in [0.3, 0.4) is 0 Å². The molecule has 0 bridgehead atoms. The Hall–Kier alpha value is -0.570. The van der Waals surface area contributed by atoms with Crippen molar-refractivity contribution < 1.29 is 4.79 Å². The van der Waals surface area contributed by atoms with Gasteiger partial charge in [-0.05, 0) is 31.1 Å². The van der Waals surface area contributed by atoms with E-state index in [4.69, 9.17) is 5.73 Å². The van der Waals surface area contributed by atoms with Crippen molar-refractivity contribution >= 4 is 5.91 Å². The van der Waals surface area contributed by atoms with Crippen molar-refractivity contribution in [1.29, 1.82) is 0 Å². The van der Waals surface area contributed by atoms with E-state index in [-0.39, 0.29) is 17.9 Å². The minimum atomic E-state index is 0.0715. The number of carbonyl (C=O) groups is 1. The van der Waals surface area contributed by atoms with E-state index < -0.39 is 0 Å². The summed E-state index contributed by atoms with van der Waals surface area (Å²) in [5.41, 5.74) is 6.29. The minimum absolute atomic E-state index is 0.0715. The summed E-state index contributed by atoms with van der Waals surface area (Å²) in [7, 11) is 0. The molecule has 0 radical (unpaired) electrons. The van der Waals surface area contributed by atoms with Crippen molar-refractivity contribution in [3.05, 3.63) is 0 Å². The monoisotopic (exact) mass is 238 g/mol. The van der Waals surface area contributed by atoms with Crippen LogP contribution in [0.4, 0.5) is 0 Å². The van der Waals surface area contributed by atoms with Crippen LogP contribution in [0.1, 0.15) is 58.3 Å². The first kappa shape index (κ1) is 12.9. The summed E-state index contributed by atoms with van der Waals surface area (Å²) >= 11 is 0. The number of rotatable bonds is 3. The molecule has 2 atom stereocenters. The molecule has 3 nitrogen and oxygen atoms in total. The van der Waals surface area contributed by atoms with E-state index in [1.54, 1.807) is 0 Å². The average molecular weight is 238 g/mol. The van der Waals surface area contributed by atoms with Gasteiger partial charge < -0.3 is 11.1 Å². The predicted octanol–water partition coefficient (Wildman–Crippen LogP) is 2.20. The van der Waals surface area contributed by atoms with Crippen molar-refractivity contribution in [3.8, 4) is 0 Å². The molecule has 0 aliphatic heterocycles. The second kappa shape index (κ2) is 5.38. The lowest BCUT2D eigenvalue weighted by atomic mass is 9.75. The van der Waals surface area contributed by atoms with Gasteiger partial charge in [-0.15, -0.1) is 0 Å². The Labute approximate surface area is 105 Å². The van der Waals surface area contributed by atoms with E-state index in [1.807, 2.05) is 0 Å². The quantitative estimate of drug-likeness (QED) is 0.792. The Morgan fingerprint density at radius 1 is 1.24 bits per heavy atom. The predicted molar refractivity (Wildman–Crippen MR) is 69.5 cm³/mol. The summed E-state index contributed by atoms with van der Waals surface area (Å²) in [6, 6.07) is 0.0918. The second-order valence-corrected chi connectivity index (χ2v) is 6.29. The molecule has 0 aromatic carbocycles. The smallest absolute Gasteiger partial charge is 0.224 e. The van der Waals surface area contributed by atoms with Crippen LogP contribution >= 0.6 is 0 Å². The normalized spacial score (nSPS) is 32.4. The highest BCUT2D eigenvalue weighted by molar-refractivity contribution is 5.79. The van der Waals surface area contributed by atoms with Gasteiger partial charge in [-0.25, -0.2) is 0 Å². The zero-order valence-corrected chi connectivity index (χ0v) is 11.0. The largest absolute Gasteiger partial charge is 0.355 e. The van der Waals surface area contributed by atoms with Gasteiger partial charge >= 0.3 is 0 Å². The molecule has 3 heteroatoms. The molecule has 98 valence electrons. The lowest BCUT2D eigenvalue weighted by Crippen LogP contribution is -2.43. The number of amides is 1. The highest BCUT2D eigenvalue weighted by Crippen LogP contribution is 2.35. The third-order valence-corrected chi connectivity index (χ3v) is 4.66. The lowest BCUT2D eigenvalue weighted by Gasteiger charge is -2.34. The van der Waals surface area contributed by atoms with Gasteiger partial charge in [0, 0.05) is 12.6 Å². The molecule has 2 fully saturated rings. The van der Waals surface area contributed by atoms with E-state index in [9.17, 15) is 4.79 Å². The standard InChI is InChI=1S/C14H26N2O/c1-14(8-3-2-4-9-14)10-16-13(17)11-6-5-7-12(11)15/h11-12H,2-10,15H2,1H3,(H,16,17). The summed E-state index contributed by atoms with van der Waals surface area (Å²) in [6.45, 7) is 3.15. The summed E-state index contributed by atoms with van der Waals surface area (Å²) in [5.74, 6) is 0.268. The van der Waals surface area contributed by atoms with Crippen molar-refractivity contribution in [2.24, 2.45) is 17.1 Å². The Bertz CT molecular complexity index is 271. The molecule has 0 saturated heterocycles. The maximum absolute atomic E-state index is 12.0. The summed E-state index contributed by atoms with van der Waals surface area (Å²) < 4.78 is 0. The highest BCUT2D eigenvalue weighted by Gasteiger charge is 2.32. The third-order valence-electron chi connectivity index (χ3n) is 4.66. The molecule has 2 unspecified atom stereocenters. The van der Waals surface area contributed by atoms with Crippen molar-refractivity contribution in [2.75, 3.05) is 6.54 Å². The molecular formula is C14H26N2O. The molecule has 17 heavy (non-hydrogen) atoms. The van der Waals surface area contributed by atoms with Crippen LogP contribution in [0.5, 0.6) is 0 Å². The molecule has 3 N–H and O–H groups in total.